The lowest BCUT2D eigenvalue weighted by atomic mass is 9.94. The Morgan fingerprint density at radius 2 is 1.82 bits per heavy atom. The molecule has 0 spiro atoms. The number of carbonyl (C=O) groups excluding carboxylic acids is 1. The van der Waals surface area contributed by atoms with Gasteiger partial charge in [-0.05, 0) is 55.7 Å². The molecule has 1 aliphatic rings. The second-order valence-electron chi connectivity index (χ2n) is 9.58. The minimum Gasteiger partial charge on any atom is -0.493 e. The molecule has 206 valence electrons. The molecule has 3 aromatic carbocycles. The first-order chi connectivity index (χ1) is 19.5. The van der Waals surface area contributed by atoms with Crippen molar-refractivity contribution in [3.05, 3.63) is 101 Å². The first-order valence-electron chi connectivity index (χ1n) is 13.3. The maximum absolute atomic E-state index is 13.8. The fourth-order valence-corrected chi connectivity index (χ4v) is 5.22. The van der Waals surface area contributed by atoms with Gasteiger partial charge in [0.25, 0.3) is 5.91 Å². The minimum absolute atomic E-state index is 0.217. The average Bonchev–Trinajstić information content (AvgIpc) is 3.38. The van der Waals surface area contributed by atoms with Crippen LogP contribution in [0.3, 0.4) is 0 Å². The Hall–Kier alpha value is -4.24. The third-order valence-electron chi connectivity index (χ3n) is 6.56. The van der Waals surface area contributed by atoms with E-state index in [2.05, 4.69) is 17.6 Å². The molecule has 0 saturated heterocycles. The first kappa shape index (κ1) is 27.3. The van der Waals surface area contributed by atoms with Crippen molar-refractivity contribution < 1.29 is 14.3 Å². The van der Waals surface area contributed by atoms with Gasteiger partial charge in [0.05, 0.1) is 12.7 Å². The summed E-state index contributed by atoms with van der Waals surface area (Å²) in [5, 5.41) is 11.8. The lowest BCUT2D eigenvalue weighted by molar-refractivity contribution is -0.113. The van der Waals surface area contributed by atoms with Crippen molar-refractivity contribution in [3.8, 4) is 11.5 Å². The fourth-order valence-electron chi connectivity index (χ4n) is 4.53. The molecule has 2 heterocycles. The first-order valence-corrected chi connectivity index (χ1v) is 14.2. The number of hydrogen-bond acceptors (Lipinski definition) is 7. The number of nitrogens with zero attached hydrogens (tertiary/aromatic N) is 3. The number of anilines is 2. The zero-order valence-electron chi connectivity index (χ0n) is 23.1. The highest BCUT2D eigenvalue weighted by Crippen LogP contribution is 2.40. The van der Waals surface area contributed by atoms with E-state index in [-0.39, 0.29) is 5.91 Å². The van der Waals surface area contributed by atoms with E-state index >= 15 is 0 Å². The average molecular weight is 556 g/mol. The number of hydrogen-bond donors (Lipinski definition) is 2. The number of allylic oxidation sites excluding steroid dienone is 1. The predicted octanol–water partition coefficient (Wildman–Crippen LogP) is 6.60. The Morgan fingerprint density at radius 3 is 2.55 bits per heavy atom. The third kappa shape index (κ3) is 5.99. The Kier molecular flexibility index (Phi) is 8.40. The zero-order chi connectivity index (χ0) is 28.1. The molecule has 9 heteroatoms. The molecule has 1 aromatic heterocycles. The summed E-state index contributed by atoms with van der Waals surface area (Å²) in [4.78, 5) is 18.5. The summed E-state index contributed by atoms with van der Waals surface area (Å²) in [6.45, 7) is 6.44. The lowest BCUT2D eigenvalue weighted by Gasteiger charge is -2.29. The molecule has 1 amide bonds. The third-order valence-corrected chi connectivity index (χ3v) is 7.61. The van der Waals surface area contributed by atoms with Crippen molar-refractivity contribution in [2.75, 3.05) is 23.5 Å². The molecule has 0 radical (unpaired) electrons. The summed E-state index contributed by atoms with van der Waals surface area (Å²) >= 11 is 1.59. The van der Waals surface area contributed by atoms with Crippen LogP contribution in [0, 0.1) is 6.92 Å². The molecule has 0 fully saturated rings. The van der Waals surface area contributed by atoms with Crippen LogP contribution in [-0.2, 0) is 11.4 Å². The van der Waals surface area contributed by atoms with Crippen molar-refractivity contribution in [1.29, 1.82) is 0 Å². The van der Waals surface area contributed by atoms with E-state index < -0.39 is 6.04 Å². The van der Waals surface area contributed by atoms with Gasteiger partial charge < -0.3 is 20.1 Å². The quantitative estimate of drug-likeness (QED) is 0.213. The summed E-state index contributed by atoms with van der Waals surface area (Å²) in [7, 11) is 1.61. The van der Waals surface area contributed by atoms with E-state index in [0.717, 1.165) is 34.6 Å². The Morgan fingerprint density at radius 1 is 1.05 bits per heavy atom. The molecule has 1 aliphatic heterocycles. The van der Waals surface area contributed by atoms with Crippen molar-refractivity contribution in [2.24, 2.45) is 0 Å². The summed E-state index contributed by atoms with van der Waals surface area (Å²) in [6, 6.07) is 22.9. The molecule has 1 unspecified atom stereocenters. The molecule has 1 atom stereocenters. The van der Waals surface area contributed by atoms with Crippen molar-refractivity contribution in [1.82, 2.24) is 14.8 Å². The van der Waals surface area contributed by atoms with E-state index in [9.17, 15) is 4.79 Å². The van der Waals surface area contributed by atoms with Crippen molar-refractivity contribution in [2.45, 2.75) is 45.0 Å². The van der Waals surface area contributed by atoms with E-state index in [0.29, 0.717) is 40.5 Å². The SMILES string of the molecule is CCCSc1nc2n(n1)C(c1ccc(OCc3ccccc3)c(OC)c1)C(C(=O)Nc1ccc(C)cc1)=C(C)N2. The molecular formula is C31H33N5O3S. The number of thioether (sulfide) groups is 1. The summed E-state index contributed by atoms with van der Waals surface area (Å²) in [6.07, 6.45) is 1.01. The van der Waals surface area contributed by atoms with Gasteiger partial charge in [-0.1, -0.05) is 72.8 Å². The van der Waals surface area contributed by atoms with Gasteiger partial charge >= 0.3 is 0 Å². The van der Waals surface area contributed by atoms with Gasteiger partial charge in [0, 0.05) is 17.1 Å². The fraction of sp³-hybridized carbons (Fsp3) is 0.258. The number of rotatable bonds is 10. The number of ether oxygens (including phenoxy) is 2. The van der Waals surface area contributed by atoms with Gasteiger partial charge in [-0.15, -0.1) is 5.10 Å². The van der Waals surface area contributed by atoms with Gasteiger partial charge in [-0.3, -0.25) is 4.79 Å². The van der Waals surface area contributed by atoms with Crippen LogP contribution < -0.4 is 20.1 Å². The van der Waals surface area contributed by atoms with Crippen molar-refractivity contribution >= 4 is 29.3 Å². The molecule has 4 aromatic rings. The molecule has 0 saturated carbocycles. The van der Waals surface area contributed by atoms with Crippen LogP contribution in [0.4, 0.5) is 11.6 Å². The van der Waals surface area contributed by atoms with Gasteiger partial charge in [0.15, 0.2) is 11.5 Å². The second kappa shape index (κ2) is 12.3. The van der Waals surface area contributed by atoms with Gasteiger partial charge in [-0.25, -0.2) is 4.68 Å². The number of aromatic nitrogens is 3. The molecule has 0 aliphatic carbocycles. The monoisotopic (exact) mass is 555 g/mol. The number of benzene rings is 3. The highest BCUT2D eigenvalue weighted by atomic mass is 32.2. The lowest BCUT2D eigenvalue weighted by Crippen LogP contribution is -2.31. The van der Waals surface area contributed by atoms with Crippen LogP contribution in [0.5, 0.6) is 11.5 Å². The maximum Gasteiger partial charge on any atom is 0.255 e. The molecule has 40 heavy (non-hydrogen) atoms. The number of aryl methyl sites for hydroxylation is 1. The Balaban J connectivity index is 1.51. The van der Waals surface area contributed by atoms with E-state index in [1.165, 1.54) is 0 Å². The highest BCUT2D eigenvalue weighted by molar-refractivity contribution is 7.99. The van der Waals surface area contributed by atoms with Crippen LogP contribution in [0.15, 0.2) is 89.2 Å². The largest absolute Gasteiger partial charge is 0.493 e. The maximum atomic E-state index is 13.8. The van der Waals surface area contributed by atoms with E-state index in [1.54, 1.807) is 23.6 Å². The number of carbonyl (C=O) groups is 1. The topological polar surface area (TPSA) is 90.3 Å². The smallest absolute Gasteiger partial charge is 0.255 e. The predicted molar refractivity (Wildman–Crippen MR) is 159 cm³/mol. The molecular weight excluding hydrogens is 522 g/mol. The summed E-state index contributed by atoms with van der Waals surface area (Å²) < 4.78 is 13.6. The van der Waals surface area contributed by atoms with Crippen LogP contribution in [-0.4, -0.2) is 33.5 Å². The standard InChI is InChI=1S/C31H33N5O3S/c1-5-17-40-31-34-30-32-21(3)27(29(37)33-24-14-11-20(2)12-15-24)28(36(30)35-31)23-13-16-25(26(18-23)38-4)39-19-22-9-7-6-8-10-22/h6-16,18,28H,5,17,19H2,1-4H3,(H,33,37)(H,32,34,35). The number of nitrogens with one attached hydrogen (secondary N) is 2. The number of fused-ring (bicyclic) bond motifs is 1. The van der Waals surface area contributed by atoms with Crippen LogP contribution in [0.1, 0.15) is 43.0 Å². The van der Waals surface area contributed by atoms with Crippen molar-refractivity contribution in [3.63, 3.8) is 0 Å². The van der Waals surface area contributed by atoms with Gasteiger partial charge in [0.1, 0.15) is 12.6 Å². The highest BCUT2D eigenvalue weighted by Gasteiger charge is 2.35. The van der Waals surface area contributed by atoms with Crippen LogP contribution in [0.25, 0.3) is 0 Å². The Bertz CT molecular complexity index is 1520. The van der Waals surface area contributed by atoms with Crippen LogP contribution >= 0.6 is 11.8 Å². The number of amides is 1. The molecule has 8 nitrogen and oxygen atoms in total. The second-order valence-corrected chi connectivity index (χ2v) is 10.6. The van der Waals surface area contributed by atoms with E-state index in [1.807, 2.05) is 86.6 Å². The Labute approximate surface area is 238 Å². The summed E-state index contributed by atoms with van der Waals surface area (Å²) in [5.41, 5.74) is 4.99. The van der Waals surface area contributed by atoms with E-state index in [4.69, 9.17) is 19.6 Å². The van der Waals surface area contributed by atoms with Gasteiger partial charge in [0.2, 0.25) is 11.1 Å². The normalized spacial score (nSPS) is 14.3. The molecule has 0 bridgehead atoms. The van der Waals surface area contributed by atoms with Crippen LogP contribution in [0.2, 0.25) is 0 Å². The molecule has 5 rings (SSSR count). The minimum atomic E-state index is -0.526. The molecule has 2 N–H and O–H groups in total. The zero-order valence-corrected chi connectivity index (χ0v) is 23.9. The van der Waals surface area contributed by atoms with Gasteiger partial charge in [-0.2, -0.15) is 4.98 Å². The number of methoxy groups -OCH3 is 1. The summed E-state index contributed by atoms with van der Waals surface area (Å²) in [5.74, 6) is 2.48.